The number of ether oxygens (including phenoxy) is 2. The van der Waals surface area contributed by atoms with Crippen LogP contribution in [-0.2, 0) is 6.18 Å². The van der Waals surface area contributed by atoms with E-state index in [4.69, 9.17) is 14.9 Å². The Labute approximate surface area is 180 Å². The van der Waals surface area contributed by atoms with Gasteiger partial charge in [-0.25, -0.2) is 4.98 Å². The SMILES string of the molecule is COc1ccc(-c2nc3c(c(=O)[nH]2)NCN(c2cccc(C(F)(F)F)c2)C3=N)cc1OC. The molecule has 0 atom stereocenters. The quantitative estimate of drug-likeness (QED) is 0.566. The Balaban J connectivity index is 1.75. The van der Waals surface area contributed by atoms with Crippen LogP contribution in [0.2, 0.25) is 0 Å². The number of rotatable bonds is 4. The number of anilines is 2. The van der Waals surface area contributed by atoms with Gasteiger partial charge in [-0.3, -0.25) is 10.2 Å². The number of benzene rings is 2. The standard InChI is InChI=1S/C21H18F3N5O3/c1-31-14-7-6-11(8-15(14)32-2)19-27-16-17(20(30)28-19)26-10-29(18(16)25)13-5-3-4-12(9-13)21(22,23)24/h3-9,25-26H,10H2,1-2H3,(H,27,28,30). The van der Waals surface area contributed by atoms with E-state index in [0.717, 1.165) is 12.1 Å². The number of halogens is 3. The molecule has 4 rings (SSSR count). The highest BCUT2D eigenvalue weighted by Gasteiger charge is 2.32. The molecule has 32 heavy (non-hydrogen) atoms. The van der Waals surface area contributed by atoms with Gasteiger partial charge < -0.3 is 24.7 Å². The lowest BCUT2D eigenvalue weighted by molar-refractivity contribution is -0.137. The molecule has 3 N–H and O–H groups in total. The van der Waals surface area contributed by atoms with E-state index < -0.39 is 17.3 Å². The van der Waals surface area contributed by atoms with Crippen molar-refractivity contribution in [2.75, 3.05) is 31.1 Å². The fourth-order valence-electron chi connectivity index (χ4n) is 3.36. The second-order valence-corrected chi connectivity index (χ2v) is 6.87. The van der Waals surface area contributed by atoms with E-state index >= 15 is 0 Å². The predicted molar refractivity (Wildman–Crippen MR) is 113 cm³/mol. The van der Waals surface area contributed by atoms with Crippen molar-refractivity contribution in [3.8, 4) is 22.9 Å². The number of alkyl halides is 3. The zero-order chi connectivity index (χ0) is 23.0. The normalized spacial score (nSPS) is 13.4. The molecule has 11 heteroatoms. The van der Waals surface area contributed by atoms with Gasteiger partial charge in [0.25, 0.3) is 5.56 Å². The summed E-state index contributed by atoms with van der Waals surface area (Å²) in [5.41, 5.74) is -0.597. The molecule has 2 aromatic carbocycles. The number of fused-ring (bicyclic) bond motifs is 1. The van der Waals surface area contributed by atoms with Gasteiger partial charge in [-0.2, -0.15) is 13.2 Å². The van der Waals surface area contributed by atoms with Crippen molar-refractivity contribution in [2.24, 2.45) is 0 Å². The molecule has 0 saturated heterocycles. The van der Waals surface area contributed by atoms with Gasteiger partial charge in [0.2, 0.25) is 0 Å². The Morgan fingerprint density at radius 3 is 2.53 bits per heavy atom. The van der Waals surface area contributed by atoms with Gasteiger partial charge >= 0.3 is 6.18 Å². The molecule has 0 radical (unpaired) electrons. The number of aromatic amines is 1. The smallest absolute Gasteiger partial charge is 0.416 e. The van der Waals surface area contributed by atoms with Crippen molar-refractivity contribution in [1.29, 1.82) is 5.41 Å². The van der Waals surface area contributed by atoms with E-state index in [1.165, 1.54) is 31.3 Å². The van der Waals surface area contributed by atoms with E-state index in [2.05, 4.69) is 15.3 Å². The average molecular weight is 445 g/mol. The van der Waals surface area contributed by atoms with Gasteiger partial charge in [-0.15, -0.1) is 0 Å². The first kappa shape index (κ1) is 21.2. The molecular weight excluding hydrogens is 427 g/mol. The largest absolute Gasteiger partial charge is 0.493 e. The molecule has 0 bridgehead atoms. The van der Waals surface area contributed by atoms with Gasteiger partial charge in [0, 0.05) is 11.3 Å². The van der Waals surface area contributed by atoms with E-state index in [1.807, 2.05) is 0 Å². The molecular formula is C21H18F3N5O3. The summed E-state index contributed by atoms with van der Waals surface area (Å²) < 4.78 is 49.8. The Morgan fingerprint density at radius 1 is 1.09 bits per heavy atom. The molecule has 2 heterocycles. The fourth-order valence-corrected chi connectivity index (χ4v) is 3.36. The third kappa shape index (κ3) is 3.72. The van der Waals surface area contributed by atoms with Gasteiger partial charge in [0.15, 0.2) is 17.3 Å². The van der Waals surface area contributed by atoms with Crippen LogP contribution in [0.4, 0.5) is 24.5 Å². The fraction of sp³-hybridized carbons (Fsp3) is 0.190. The summed E-state index contributed by atoms with van der Waals surface area (Å²) in [4.78, 5) is 21.0. The lowest BCUT2D eigenvalue weighted by Crippen LogP contribution is -2.43. The Morgan fingerprint density at radius 2 is 1.84 bits per heavy atom. The zero-order valence-corrected chi connectivity index (χ0v) is 17.0. The predicted octanol–water partition coefficient (Wildman–Crippen LogP) is 3.69. The zero-order valence-electron chi connectivity index (χ0n) is 17.0. The summed E-state index contributed by atoms with van der Waals surface area (Å²) in [6.45, 7) is -0.0619. The van der Waals surface area contributed by atoms with Crippen molar-refractivity contribution in [2.45, 2.75) is 6.18 Å². The summed E-state index contributed by atoms with van der Waals surface area (Å²) in [7, 11) is 2.96. The molecule has 166 valence electrons. The van der Waals surface area contributed by atoms with Crippen molar-refractivity contribution in [3.63, 3.8) is 0 Å². The molecule has 0 aliphatic carbocycles. The molecule has 1 aliphatic heterocycles. The number of hydrogen-bond acceptors (Lipinski definition) is 6. The van der Waals surface area contributed by atoms with Crippen LogP contribution in [0.25, 0.3) is 11.4 Å². The second kappa shape index (κ2) is 7.91. The van der Waals surface area contributed by atoms with Crippen LogP contribution in [0, 0.1) is 5.41 Å². The second-order valence-electron chi connectivity index (χ2n) is 6.87. The third-order valence-electron chi connectivity index (χ3n) is 4.97. The monoisotopic (exact) mass is 445 g/mol. The average Bonchev–Trinajstić information content (AvgIpc) is 2.78. The van der Waals surface area contributed by atoms with Crippen LogP contribution in [0.5, 0.6) is 11.5 Å². The molecule has 1 aliphatic rings. The number of amidine groups is 1. The maximum Gasteiger partial charge on any atom is 0.416 e. The lowest BCUT2D eigenvalue weighted by atomic mass is 10.1. The Bertz CT molecular complexity index is 1260. The van der Waals surface area contributed by atoms with Gasteiger partial charge in [0.05, 0.1) is 26.5 Å². The molecule has 0 fully saturated rings. The highest BCUT2D eigenvalue weighted by atomic mass is 19.4. The molecule has 1 aromatic heterocycles. The van der Waals surface area contributed by atoms with Gasteiger partial charge in [-0.05, 0) is 36.4 Å². The topological polar surface area (TPSA) is 103 Å². The summed E-state index contributed by atoms with van der Waals surface area (Å²) in [6.07, 6.45) is -4.52. The van der Waals surface area contributed by atoms with E-state index in [-0.39, 0.29) is 35.4 Å². The van der Waals surface area contributed by atoms with Crippen LogP contribution in [0.3, 0.4) is 0 Å². The number of H-pyrrole nitrogens is 1. The molecule has 0 spiro atoms. The van der Waals surface area contributed by atoms with Crippen molar-refractivity contribution in [1.82, 2.24) is 9.97 Å². The van der Waals surface area contributed by atoms with Crippen molar-refractivity contribution >= 4 is 17.2 Å². The first-order valence-corrected chi connectivity index (χ1v) is 9.37. The molecule has 3 aromatic rings. The number of aromatic nitrogens is 2. The summed E-state index contributed by atoms with van der Waals surface area (Å²) in [5, 5.41) is 11.4. The molecule has 0 saturated carbocycles. The Kier molecular flexibility index (Phi) is 5.25. The molecule has 0 amide bonds. The maximum absolute atomic E-state index is 13.1. The lowest BCUT2D eigenvalue weighted by Gasteiger charge is -2.31. The van der Waals surface area contributed by atoms with Crippen LogP contribution < -0.4 is 25.2 Å². The van der Waals surface area contributed by atoms with Crippen molar-refractivity contribution < 1.29 is 22.6 Å². The van der Waals surface area contributed by atoms with Gasteiger partial charge in [-0.1, -0.05) is 6.07 Å². The van der Waals surface area contributed by atoms with Crippen molar-refractivity contribution in [3.05, 3.63) is 64.1 Å². The maximum atomic E-state index is 13.1. The van der Waals surface area contributed by atoms with E-state index in [9.17, 15) is 18.0 Å². The number of nitrogens with one attached hydrogen (secondary N) is 3. The minimum atomic E-state index is -4.52. The molecule has 0 unspecified atom stereocenters. The minimum Gasteiger partial charge on any atom is -0.493 e. The van der Waals surface area contributed by atoms with Crippen LogP contribution in [0.15, 0.2) is 47.3 Å². The number of nitrogens with zero attached hydrogens (tertiary/aromatic N) is 2. The molecule has 8 nitrogen and oxygen atoms in total. The summed E-state index contributed by atoms with van der Waals surface area (Å²) in [5.74, 6) is 0.879. The summed E-state index contributed by atoms with van der Waals surface area (Å²) in [6, 6.07) is 9.55. The van der Waals surface area contributed by atoms with Crippen LogP contribution in [-0.4, -0.2) is 36.7 Å². The van der Waals surface area contributed by atoms with Crippen LogP contribution >= 0.6 is 0 Å². The Hall–Kier alpha value is -4.02. The van der Waals surface area contributed by atoms with Crippen LogP contribution in [0.1, 0.15) is 11.3 Å². The number of methoxy groups -OCH3 is 2. The third-order valence-corrected chi connectivity index (χ3v) is 4.97. The van der Waals surface area contributed by atoms with E-state index in [0.29, 0.717) is 17.1 Å². The minimum absolute atomic E-state index is 0.0159. The first-order chi connectivity index (χ1) is 15.2. The van der Waals surface area contributed by atoms with E-state index in [1.54, 1.807) is 18.2 Å². The first-order valence-electron chi connectivity index (χ1n) is 9.37. The highest BCUT2D eigenvalue weighted by molar-refractivity contribution is 6.11. The summed E-state index contributed by atoms with van der Waals surface area (Å²) >= 11 is 0. The number of hydrogen-bond donors (Lipinski definition) is 3. The van der Waals surface area contributed by atoms with Gasteiger partial charge in [0.1, 0.15) is 17.2 Å². The highest BCUT2D eigenvalue weighted by Crippen LogP contribution is 2.34.